The summed E-state index contributed by atoms with van der Waals surface area (Å²) in [6, 6.07) is 12.8. The first-order valence-corrected chi connectivity index (χ1v) is 7.67. The van der Waals surface area contributed by atoms with Crippen molar-refractivity contribution in [2.24, 2.45) is 4.99 Å². The maximum absolute atomic E-state index is 11.9. The van der Waals surface area contributed by atoms with E-state index >= 15 is 0 Å². The van der Waals surface area contributed by atoms with Crippen LogP contribution in [0.4, 0.5) is 11.4 Å². The van der Waals surface area contributed by atoms with Crippen LogP contribution in [0.25, 0.3) is 0 Å². The van der Waals surface area contributed by atoms with Gasteiger partial charge in [-0.2, -0.15) is 0 Å². The summed E-state index contributed by atoms with van der Waals surface area (Å²) in [5.74, 6) is -1.13. The predicted molar refractivity (Wildman–Crippen MR) is 96.9 cm³/mol. The minimum absolute atomic E-state index is 0.245. The van der Waals surface area contributed by atoms with Gasteiger partial charge >= 0.3 is 11.9 Å². The number of aliphatic imine (C=N–C) groups is 1. The van der Waals surface area contributed by atoms with Gasteiger partial charge in [0.15, 0.2) is 0 Å². The number of carbonyl (C=O) groups excluding carboxylic acids is 3. The third-order valence-corrected chi connectivity index (χ3v) is 3.52. The molecule has 0 radical (unpaired) electrons. The summed E-state index contributed by atoms with van der Waals surface area (Å²) < 4.78 is 9.28. The number of rotatable bonds is 5. The Kier molecular flexibility index (Phi) is 6.21. The third kappa shape index (κ3) is 4.54. The monoisotopic (exact) mass is 354 g/mol. The number of nitrogens with zero attached hydrogens (tertiary/aromatic N) is 2. The lowest BCUT2D eigenvalue weighted by molar-refractivity contribution is -0.115. The smallest absolute Gasteiger partial charge is 0.337 e. The summed E-state index contributed by atoms with van der Waals surface area (Å²) in [5, 5.41) is 0. The fourth-order valence-electron chi connectivity index (χ4n) is 2.13. The summed E-state index contributed by atoms with van der Waals surface area (Å²) in [6.07, 6.45) is 1.38. The van der Waals surface area contributed by atoms with Gasteiger partial charge < -0.3 is 9.47 Å². The van der Waals surface area contributed by atoms with E-state index in [-0.39, 0.29) is 5.91 Å². The quantitative estimate of drug-likeness (QED) is 0.468. The standard InChI is InChI=1S/C19H18N2O5/c1-13(22)21(17-10-6-15(7-11-17)19(24)26-3)12-20-16-8-4-14(5-9-16)18(23)25-2/h4-12H,1-3H3. The molecule has 0 saturated carbocycles. The van der Waals surface area contributed by atoms with Crippen LogP contribution in [0, 0.1) is 0 Å². The van der Waals surface area contributed by atoms with Crippen molar-refractivity contribution in [3.05, 3.63) is 59.7 Å². The maximum Gasteiger partial charge on any atom is 0.337 e. The van der Waals surface area contributed by atoms with E-state index < -0.39 is 11.9 Å². The normalized spacial score (nSPS) is 10.4. The molecule has 0 atom stereocenters. The molecule has 0 aliphatic heterocycles. The molecule has 0 heterocycles. The van der Waals surface area contributed by atoms with E-state index in [2.05, 4.69) is 14.5 Å². The molecule has 0 aromatic heterocycles. The third-order valence-electron chi connectivity index (χ3n) is 3.52. The van der Waals surface area contributed by atoms with Crippen molar-refractivity contribution < 1.29 is 23.9 Å². The Labute approximate surface area is 150 Å². The Morgan fingerprint density at radius 2 is 1.31 bits per heavy atom. The van der Waals surface area contributed by atoms with Gasteiger partial charge in [-0.25, -0.2) is 14.6 Å². The molecule has 7 heteroatoms. The van der Waals surface area contributed by atoms with Crippen molar-refractivity contribution in [3.63, 3.8) is 0 Å². The van der Waals surface area contributed by atoms with E-state index in [0.29, 0.717) is 22.5 Å². The molecule has 26 heavy (non-hydrogen) atoms. The van der Waals surface area contributed by atoms with Crippen LogP contribution < -0.4 is 4.90 Å². The number of esters is 2. The van der Waals surface area contributed by atoms with E-state index in [9.17, 15) is 14.4 Å². The van der Waals surface area contributed by atoms with Gasteiger partial charge in [-0.15, -0.1) is 0 Å². The van der Waals surface area contributed by atoms with E-state index in [0.717, 1.165) is 0 Å². The fraction of sp³-hybridized carbons (Fsp3) is 0.158. The van der Waals surface area contributed by atoms with Crippen LogP contribution in [-0.2, 0) is 14.3 Å². The van der Waals surface area contributed by atoms with Crippen molar-refractivity contribution >= 4 is 35.6 Å². The van der Waals surface area contributed by atoms with Crippen LogP contribution in [0.5, 0.6) is 0 Å². The molecule has 0 aliphatic carbocycles. The molecule has 1 amide bonds. The molecule has 7 nitrogen and oxygen atoms in total. The van der Waals surface area contributed by atoms with Crippen LogP contribution in [0.1, 0.15) is 27.6 Å². The van der Waals surface area contributed by atoms with Gasteiger partial charge in [0.2, 0.25) is 5.91 Å². The van der Waals surface area contributed by atoms with Crippen LogP contribution in [0.15, 0.2) is 53.5 Å². The topological polar surface area (TPSA) is 85.3 Å². The number of amides is 1. The molecule has 2 aromatic rings. The van der Waals surface area contributed by atoms with Gasteiger partial charge in [-0.3, -0.25) is 9.69 Å². The minimum Gasteiger partial charge on any atom is -0.465 e. The lowest BCUT2D eigenvalue weighted by Gasteiger charge is -2.15. The van der Waals surface area contributed by atoms with Gasteiger partial charge in [0.05, 0.1) is 31.0 Å². The Morgan fingerprint density at radius 3 is 1.73 bits per heavy atom. The molecule has 0 spiro atoms. The summed E-state index contributed by atoms with van der Waals surface area (Å²) in [4.78, 5) is 40.4. The Hall–Kier alpha value is -3.48. The second kappa shape index (κ2) is 8.57. The predicted octanol–water partition coefficient (Wildman–Crippen LogP) is 2.97. The van der Waals surface area contributed by atoms with E-state index in [1.165, 1.54) is 32.4 Å². The zero-order valence-electron chi connectivity index (χ0n) is 14.6. The average molecular weight is 354 g/mol. The van der Waals surface area contributed by atoms with Gasteiger partial charge in [0.25, 0.3) is 0 Å². The van der Waals surface area contributed by atoms with Gasteiger partial charge in [0.1, 0.15) is 6.34 Å². The van der Waals surface area contributed by atoms with E-state index in [4.69, 9.17) is 0 Å². The molecule has 0 fully saturated rings. The number of ether oxygens (including phenoxy) is 2. The minimum atomic E-state index is -0.453. The van der Waals surface area contributed by atoms with Crippen molar-refractivity contribution in [2.45, 2.75) is 6.92 Å². The summed E-state index contributed by atoms with van der Waals surface area (Å²) in [7, 11) is 2.61. The zero-order valence-corrected chi connectivity index (χ0v) is 14.6. The summed E-state index contributed by atoms with van der Waals surface area (Å²) in [5.41, 5.74) is 1.92. The molecule has 2 aromatic carbocycles. The van der Waals surface area contributed by atoms with Crippen LogP contribution >= 0.6 is 0 Å². The molecule has 134 valence electrons. The zero-order chi connectivity index (χ0) is 19.1. The highest BCUT2D eigenvalue weighted by Crippen LogP contribution is 2.17. The second-order valence-electron chi connectivity index (χ2n) is 5.21. The molecule has 0 saturated heterocycles. The van der Waals surface area contributed by atoms with E-state index in [1.54, 1.807) is 48.5 Å². The number of hydrogen-bond acceptors (Lipinski definition) is 6. The molecular weight excluding hydrogens is 336 g/mol. The molecular formula is C19H18N2O5. The van der Waals surface area contributed by atoms with Crippen molar-refractivity contribution in [2.75, 3.05) is 19.1 Å². The van der Waals surface area contributed by atoms with Crippen molar-refractivity contribution in [3.8, 4) is 0 Å². The van der Waals surface area contributed by atoms with Crippen LogP contribution in [0.3, 0.4) is 0 Å². The summed E-state index contributed by atoms with van der Waals surface area (Å²) >= 11 is 0. The first-order chi connectivity index (χ1) is 12.5. The van der Waals surface area contributed by atoms with Crippen molar-refractivity contribution in [1.29, 1.82) is 0 Å². The Bertz CT molecular complexity index is 826. The number of hydrogen-bond donors (Lipinski definition) is 0. The largest absolute Gasteiger partial charge is 0.465 e. The highest BCUT2D eigenvalue weighted by atomic mass is 16.5. The Balaban J connectivity index is 2.20. The highest BCUT2D eigenvalue weighted by Gasteiger charge is 2.11. The lowest BCUT2D eigenvalue weighted by atomic mass is 10.2. The van der Waals surface area contributed by atoms with Gasteiger partial charge in [-0.1, -0.05) is 0 Å². The highest BCUT2D eigenvalue weighted by molar-refractivity contribution is 6.08. The fourth-order valence-corrected chi connectivity index (χ4v) is 2.13. The second-order valence-corrected chi connectivity index (χ2v) is 5.21. The van der Waals surface area contributed by atoms with Crippen LogP contribution in [0.2, 0.25) is 0 Å². The van der Waals surface area contributed by atoms with E-state index in [1.807, 2.05) is 0 Å². The van der Waals surface area contributed by atoms with Crippen molar-refractivity contribution in [1.82, 2.24) is 0 Å². The SMILES string of the molecule is COC(=O)c1ccc(N=CN(C(C)=O)c2ccc(C(=O)OC)cc2)cc1. The molecule has 0 unspecified atom stereocenters. The molecule has 0 aliphatic rings. The number of methoxy groups -OCH3 is 2. The molecule has 0 bridgehead atoms. The number of anilines is 1. The number of benzene rings is 2. The maximum atomic E-state index is 11.9. The van der Waals surface area contributed by atoms with Gasteiger partial charge in [0, 0.05) is 12.6 Å². The lowest BCUT2D eigenvalue weighted by Crippen LogP contribution is -2.26. The Morgan fingerprint density at radius 1 is 0.846 bits per heavy atom. The molecule has 0 N–H and O–H groups in total. The van der Waals surface area contributed by atoms with Crippen LogP contribution in [-0.4, -0.2) is 38.4 Å². The number of carbonyl (C=O) groups is 3. The summed E-state index contributed by atoms with van der Waals surface area (Å²) in [6.45, 7) is 1.40. The first kappa shape index (κ1) is 18.9. The first-order valence-electron chi connectivity index (χ1n) is 7.67. The average Bonchev–Trinajstić information content (AvgIpc) is 2.67. The molecule has 2 rings (SSSR count). The van der Waals surface area contributed by atoms with Gasteiger partial charge in [-0.05, 0) is 48.5 Å².